The molecule has 31 heavy (non-hydrogen) atoms. The molecule has 0 bridgehead atoms. The predicted molar refractivity (Wildman–Crippen MR) is 123 cm³/mol. The summed E-state index contributed by atoms with van der Waals surface area (Å²) in [5, 5.41) is 0. The molecule has 1 aliphatic heterocycles. The van der Waals surface area contributed by atoms with Crippen molar-refractivity contribution in [3.05, 3.63) is 88.7 Å². The van der Waals surface area contributed by atoms with E-state index in [0.717, 1.165) is 22.4 Å². The highest BCUT2D eigenvalue weighted by molar-refractivity contribution is 6.23. The van der Waals surface area contributed by atoms with Crippen LogP contribution < -0.4 is 9.64 Å². The number of nitrogens with zero attached hydrogens (tertiary/aromatic N) is 1. The van der Waals surface area contributed by atoms with E-state index in [-0.39, 0.29) is 18.1 Å². The zero-order valence-electron chi connectivity index (χ0n) is 18.4. The molecule has 0 fully saturated rings. The Morgan fingerprint density at radius 3 is 2.55 bits per heavy atom. The van der Waals surface area contributed by atoms with Gasteiger partial charge in [-0.05, 0) is 74.7 Å². The second-order valence-corrected chi connectivity index (χ2v) is 7.32. The monoisotopic (exact) mass is 417 g/mol. The summed E-state index contributed by atoms with van der Waals surface area (Å²) >= 11 is 0. The smallest absolute Gasteiger partial charge is 0.340 e. The van der Waals surface area contributed by atoms with Crippen molar-refractivity contribution in [2.75, 3.05) is 18.1 Å². The third-order valence-corrected chi connectivity index (χ3v) is 5.17. The molecule has 0 atom stereocenters. The fourth-order valence-corrected chi connectivity index (χ4v) is 3.47. The van der Waals surface area contributed by atoms with Crippen LogP contribution in [0.4, 0.5) is 5.69 Å². The summed E-state index contributed by atoms with van der Waals surface area (Å²) in [5.74, 6) is -0.115. The van der Waals surface area contributed by atoms with Crippen LogP contribution in [0, 0.1) is 13.8 Å². The zero-order valence-corrected chi connectivity index (χ0v) is 18.4. The third-order valence-electron chi connectivity index (χ3n) is 5.17. The Morgan fingerprint density at radius 2 is 1.87 bits per heavy atom. The molecular formula is C26H27NO4. The normalized spacial score (nSPS) is 14.9. The number of anilines is 1. The van der Waals surface area contributed by atoms with E-state index in [2.05, 4.69) is 6.58 Å². The summed E-state index contributed by atoms with van der Waals surface area (Å²) in [7, 11) is 0. The van der Waals surface area contributed by atoms with Crippen LogP contribution in [-0.2, 0) is 14.3 Å². The summed E-state index contributed by atoms with van der Waals surface area (Å²) in [6.07, 6.45) is 3.37. The quantitative estimate of drug-likeness (QED) is 0.356. The highest BCUT2D eigenvalue weighted by Gasteiger charge is 2.38. The van der Waals surface area contributed by atoms with Gasteiger partial charge in [0.1, 0.15) is 12.4 Å². The van der Waals surface area contributed by atoms with Crippen LogP contribution in [0.5, 0.6) is 5.75 Å². The van der Waals surface area contributed by atoms with Crippen molar-refractivity contribution >= 4 is 23.6 Å². The van der Waals surface area contributed by atoms with Gasteiger partial charge in [0.25, 0.3) is 5.91 Å². The van der Waals surface area contributed by atoms with E-state index in [1.165, 1.54) is 0 Å². The summed E-state index contributed by atoms with van der Waals surface area (Å²) in [6.45, 7) is 11.8. The van der Waals surface area contributed by atoms with Crippen LogP contribution in [0.25, 0.3) is 6.08 Å². The SMILES string of the molecule is C=CCOc1cccc(/C=C2\C(=O)N(c3ccc(C)c(C)c3)C(C)=C2C(=O)OCC)c1. The summed E-state index contributed by atoms with van der Waals surface area (Å²) in [5.41, 5.74) is 4.81. The number of hydrogen-bond acceptors (Lipinski definition) is 4. The molecule has 5 nitrogen and oxygen atoms in total. The van der Waals surface area contributed by atoms with Crippen molar-refractivity contribution in [2.24, 2.45) is 0 Å². The Hall–Kier alpha value is -3.60. The molecule has 1 heterocycles. The van der Waals surface area contributed by atoms with Crippen LogP contribution in [0.1, 0.15) is 30.5 Å². The van der Waals surface area contributed by atoms with E-state index in [1.54, 1.807) is 30.9 Å². The van der Waals surface area contributed by atoms with Crippen molar-refractivity contribution in [1.29, 1.82) is 0 Å². The lowest BCUT2D eigenvalue weighted by Crippen LogP contribution is -2.24. The first-order chi connectivity index (χ1) is 14.9. The van der Waals surface area contributed by atoms with Gasteiger partial charge < -0.3 is 9.47 Å². The first-order valence-electron chi connectivity index (χ1n) is 10.2. The Balaban J connectivity index is 2.09. The van der Waals surface area contributed by atoms with E-state index >= 15 is 0 Å². The number of carbonyl (C=O) groups is 2. The van der Waals surface area contributed by atoms with E-state index in [9.17, 15) is 9.59 Å². The maximum atomic E-state index is 13.5. The standard InChI is InChI=1S/C26H27NO4/c1-6-13-31-22-10-8-9-20(15-22)16-23-24(26(29)30-7-2)19(5)27(25(23)28)21-12-11-17(3)18(4)14-21/h6,8-12,14-16H,1,7,13H2,2-5H3/b23-16-. The molecule has 0 aliphatic carbocycles. The molecule has 0 radical (unpaired) electrons. The fraction of sp³-hybridized carbons (Fsp3) is 0.231. The third kappa shape index (κ3) is 4.61. The minimum atomic E-state index is -0.509. The number of hydrogen-bond donors (Lipinski definition) is 0. The lowest BCUT2D eigenvalue weighted by molar-refractivity contribution is -0.138. The fourth-order valence-electron chi connectivity index (χ4n) is 3.47. The largest absolute Gasteiger partial charge is 0.490 e. The topological polar surface area (TPSA) is 55.8 Å². The molecule has 5 heteroatoms. The van der Waals surface area contributed by atoms with Crippen molar-refractivity contribution in [3.63, 3.8) is 0 Å². The Kier molecular flexibility index (Phi) is 6.75. The van der Waals surface area contributed by atoms with Gasteiger partial charge in [0.05, 0.1) is 17.8 Å². The highest BCUT2D eigenvalue weighted by atomic mass is 16.5. The average Bonchev–Trinajstić information content (AvgIpc) is 2.98. The van der Waals surface area contributed by atoms with Crippen LogP contribution >= 0.6 is 0 Å². The minimum absolute atomic E-state index is 0.228. The van der Waals surface area contributed by atoms with Gasteiger partial charge in [0.2, 0.25) is 0 Å². The molecule has 1 aliphatic rings. The van der Waals surface area contributed by atoms with Crippen molar-refractivity contribution in [2.45, 2.75) is 27.7 Å². The van der Waals surface area contributed by atoms with E-state index < -0.39 is 5.97 Å². The molecule has 3 rings (SSSR count). The molecule has 1 amide bonds. The van der Waals surface area contributed by atoms with Crippen LogP contribution in [0.15, 0.2) is 72.0 Å². The van der Waals surface area contributed by atoms with E-state index in [0.29, 0.717) is 23.6 Å². The van der Waals surface area contributed by atoms with Crippen LogP contribution in [0.2, 0.25) is 0 Å². The lowest BCUT2D eigenvalue weighted by Gasteiger charge is -2.19. The Bertz CT molecular complexity index is 1090. The van der Waals surface area contributed by atoms with Gasteiger partial charge in [0.15, 0.2) is 0 Å². The van der Waals surface area contributed by atoms with Crippen molar-refractivity contribution in [3.8, 4) is 5.75 Å². The second kappa shape index (κ2) is 9.47. The van der Waals surface area contributed by atoms with Gasteiger partial charge in [-0.1, -0.05) is 30.9 Å². The number of allylic oxidation sites excluding steroid dienone is 1. The first kappa shape index (κ1) is 22.1. The van der Waals surface area contributed by atoms with E-state index in [4.69, 9.17) is 9.47 Å². The molecule has 0 saturated heterocycles. The molecule has 160 valence electrons. The molecule has 0 saturated carbocycles. The lowest BCUT2D eigenvalue weighted by atomic mass is 10.0. The molecule has 0 spiro atoms. The van der Waals surface area contributed by atoms with Crippen molar-refractivity contribution < 1.29 is 19.1 Å². The maximum absolute atomic E-state index is 13.5. The Labute approximate surface area is 183 Å². The first-order valence-corrected chi connectivity index (χ1v) is 10.2. The average molecular weight is 418 g/mol. The van der Waals surface area contributed by atoms with Gasteiger partial charge in [-0.2, -0.15) is 0 Å². The zero-order chi connectivity index (χ0) is 22.5. The Morgan fingerprint density at radius 1 is 1.10 bits per heavy atom. The van der Waals surface area contributed by atoms with E-state index in [1.807, 2.05) is 56.3 Å². The minimum Gasteiger partial charge on any atom is -0.490 e. The highest BCUT2D eigenvalue weighted by Crippen LogP contribution is 2.36. The van der Waals surface area contributed by atoms with Crippen molar-refractivity contribution in [1.82, 2.24) is 0 Å². The van der Waals surface area contributed by atoms with Crippen LogP contribution in [0.3, 0.4) is 0 Å². The number of amides is 1. The number of rotatable bonds is 7. The summed E-state index contributed by atoms with van der Waals surface area (Å²) in [6, 6.07) is 13.2. The molecule has 2 aromatic rings. The second-order valence-electron chi connectivity index (χ2n) is 7.32. The van der Waals surface area contributed by atoms with Gasteiger partial charge in [0, 0.05) is 11.4 Å². The molecular weight excluding hydrogens is 390 g/mol. The molecule has 2 aromatic carbocycles. The number of ether oxygens (including phenoxy) is 2. The number of esters is 1. The molecule has 0 N–H and O–H groups in total. The molecule has 0 unspecified atom stereocenters. The number of carbonyl (C=O) groups excluding carboxylic acids is 2. The van der Waals surface area contributed by atoms with Crippen LogP contribution in [-0.4, -0.2) is 25.1 Å². The van der Waals surface area contributed by atoms with Gasteiger partial charge >= 0.3 is 5.97 Å². The number of aryl methyl sites for hydroxylation is 2. The van der Waals surface area contributed by atoms with Gasteiger partial charge in [-0.15, -0.1) is 0 Å². The van der Waals surface area contributed by atoms with Gasteiger partial charge in [-0.3, -0.25) is 9.69 Å². The summed E-state index contributed by atoms with van der Waals surface area (Å²) in [4.78, 5) is 27.8. The predicted octanol–water partition coefficient (Wildman–Crippen LogP) is 5.14. The summed E-state index contributed by atoms with van der Waals surface area (Å²) < 4.78 is 10.9. The number of benzene rings is 2. The maximum Gasteiger partial charge on any atom is 0.340 e. The molecule has 0 aromatic heterocycles. The van der Waals surface area contributed by atoms with Gasteiger partial charge in [-0.25, -0.2) is 4.79 Å².